The fraction of sp³-hybridized carbons (Fsp3) is 0.200. The van der Waals surface area contributed by atoms with Crippen LogP contribution < -0.4 is 10.2 Å². The number of hydrogen-bond acceptors (Lipinski definition) is 4. The average molecular weight is 318 g/mol. The molecule has 0 saturated heterocycles. The molecule has 0 spiro atoms. The highest BCUT2D eigenvalue weighted by molar-refractivity contribution is 5.65. The molecule has 0 bridgehead atoms. The van der Waals surface area contributed by atoms with E-state index < -0.39 is 0 Å². The molecule has 1 aromatic heterocycles. The summed E-state index contributed by atoms with van der Waals surface area (Å²) in [5.74, 6) is 1.45. The molecule has 0 unspecified atom stereocenters. The van der Waals surface area contributed by atoms with Crippen LogP contribution in [0.5, 0.6) is 0 Å². The van der Waals surface area contributed by atoms with Gasteiger partial charge in [-0.25, -0.2) is 4.98 Å². The van der Waals surface area contributed by atoms with E-state index in [1.165, 1.54) is 16.7 Å². The number of nitrogens with zero attached hydrogens (tertiary/aromatic N) is 3. The molecule has 0 radical (unpaired) electrons. The Kier molecular flexibility index (Phi) is 4.47. The van der Waals surface area contributed by atoms with Crippen LogP contribution in [0, 0.1) is 20.8 Å². The van der Waals surface area contributed by atoms with Crippen molar-refractivity contribution >= 4 is 23.1 Å². The standard InChI is InChI=1S/C20H22N4/c1-14-12-15(2)19(16(3)13-14)23-20-21-11-10-18(22-20)24(4)17-8-6-5-7-9-17/h5-13H,1-4H3,(H,21,22,23). The van der Waals surface area contributed by atoms with Crippen molar-refractivity contribution in [2.75, 3.05) is 17.3 Å². The quantitative estimate of drug-likeness (QED) is 0.742. The summed E-state index contributed by atoms with van der Waals surface area (Å²) in [6, 6.07) is 16.4. The monoisotopic (exact) mass is 318 g/mol. The molecule has 1 heterocycles. The summed E-state index contributed by atoms with van der Waals surface area (Å²) in [4.78, 5) is 11.1. The number of nitrogens with one attached hydrogen (secondary N) is 1. The molecule has 0 aliphatic heterocycles. The zero-order valence-electron chi connectivity index (χ0n) is 14.5. The second-order valence-electron chi connectivity index (χ2n) is 6.03. The number of rotatable bonds is 4. The molecule has 4 nitrogen and oxygen atoms in total. The highest BCUT2D eigenvalue weighted by atomic mass is 15.2. The van der Waals surface area contributed by atoms with Gasteiger partial charge in [-0.15, -0.1) is 0 Å². The molecule has 4 heteroatoms. The smallest absolute Gasteiger partial charge is 0.229 e. The summed E-state index contributed by atoms with van der Waals surface area (Å²) in [6.45, 7) is 6.31. The molecule has 1 N–H and O–H groups in total. The van der Waals surface area contributed by atoms with Crippen LogP contribution in [0.3, 0.4) is 0 Å². The normalized spacial score (nSPS) is 10.5. The van der Waals surface area contributed by atoms with Crippen LogP contribution >= 0.6 is 0 Å². The number of hydrogen-bond donors (Lipinski definition) is 1. The first-order chi connectivity index (χ1) is 11.5. The van der Waals surface area contributed by atoms with E-state index in [0.29, 0.717) is 5.95 Å². The Morgan fingerprint density at radius 2 is 1.58 bits per heavy atom. The molecule has 0 amide bonds. The predicted octanol–water partition coefficient (Wildman–Crippen LogP) is 4.91. The minimum absolute atomic E-state index is 0.602. The Morgan fingerprint density at radius 3 is 2.25 bits per heavy atom. The topological polar surface area (TPSA) is 41.1 Å². The Bertz CT molecular complexity index is 820. The molecule has 2 aromatic carbocycles. The maximum Gasteiger partial charge on any atom is 0.229 e. The van der Waals surface area contributed by atoms with Gasteiger partial charge in [0.15, 0.2) is 0 Å². The van der Waals surface area contributed by atoms with Crippen LogP contribution in [0.1, 0.15) is 16.7 Å². The third-order valence-electron chi connectivity index (χ3n) is 4.04. The largest absolute Gasteiger partial charge is 0.329 e. The summed E-state index contributed by atoms with van der Waals surface area (Å²) in [7, 11) is 2.00. The van der Waals surface area contributed by atoms with Crippen molar-refractivity contribution in [3.63, 3.8) is 0 Å². The molecule has 24 heavy (non-hydrogen) atoms. The zero-order valence-corrected chi connectivity index (χ0v) is 14.5. The third-order valence-corrected chi connectivity index (χ3v) is 4.04. The molecule has 0 fully saturated rings. The van der Waals surface area contributed by atoms with Crippen LogP contribution in [0.4, 0.5) is 23.1 Å². The van der Waals surface area contributed by atoms with E-state index in [9.17, 15) is 0 Å². The first-order valence-corrected chi connectivity index (χ1v) is 8.01. The van der Waals surface area contributed by atoms with E-state index in [0.717, 1.165) is 17.2 Å². The van der Waals surface area contributed by atoms with Crippen LogP contribution in [0.25, 0.3) is 0 Å². The first-order valence-electron chi connectivity index (χ1n) is 8.01. The lowest BCUT2D eigenvalue weighted by Gasteiger charge is -2.19. The van der Waals surface area contributed by atoms with E-state index in [-0.39, 0.29) is 0 Å². The van der Waals surface area contributed by atoms with Crippen molar-refractivity contribution in [2.45, 2.75) is 20.8 Å². The van der Waals surface area contributed by atoms with Gasteiger partial charge in [-0.3, -0.25) is 0 Å². The number of aromatic nitrogens is 2. The van der Waals surface area contributed by atoms with Gasteiger partial charge in [-0.1, -0.05) is 35.9 Å². The van der Waals surface area contributed by atoms with Gasteiger partial charge in [0.25, 0.3) is 0 Å². The molecule has 0 aliphatic rings. The van der Waals surface area contributed by atoms with Gasteiger partial charge < -0.3 is 10.2 Å². The summed E-state index contributed by atoms with van der Waals surface area (Å²) < 4.78 is 0. The van der Waals surface area contributed by atoms with E-state index in [1.807, 2.05) is 36.2 Å². The van der Waals surface area contributed by atoms with Crippen molar-refractivity contribution in [1.29, 1.82) is 0 Å². The van der Waals surface area contributed by atoms with Crippen molar-refractivity contribution in [1.82, 2.24) is 9.97 Å². The number of benzene rings is 2. The Hall–Kier alpha value is -2.88. The van der Waals surface area contributed by atoms with E-state index >= 15 is 0 Å². The lowest BCUT2D eigenvalue weighted by atomic mass is 10.1. The highest BCUT2D eigenvalue weighted by Crippen LogP contribution is 2.26. The van der Waals surface area contributed by atoms with Crippen molar-refractivity contribution in [3.8, 4) is 0 Å². The Balaban J connectivity index is 1.89. The second kappa shape index (κ2) is 6.71. The van der Waals surface area contributed by atoms with Crippen molar-refractivity contribution < 1.29 is 0 Å². The molecular formula is C20H22N4. The maximum absolute atomic E-state index is 4.65. The Labute approximate surface area is 143 Å². The van der Waals surface area contributed by atoms with Crippen LogP contribution in [0.15, 0.2) is 54.7 Å². The highest BCUT2D eigenvalue weighted by Gasteiger charge is 2.09. The van der Waals surface area contributed by atoms with Crippen LogP contribution in [0.2, 0.25) is 0 Å². The minimum Gasteiger partial charge on any atom is -0.329 e. The van der Waals surface area contributed by atoms with Gasteiger partial charge in [0.2, 0.25) is 5.95 Å². The maximum atomic E-state index is 4.65. The van der Waals surface area contributed by atoms with Crippen LogP contribution in [-0.2, 0) is 0 Å². The van der Waals surface area contributed by atoms with E-state index in [4.69, 9.17) is 0 Å². The van der Waals surface area contributed by atoms with E-state index in [2.05, 4.69) is 60.3 Å². The van der Waals surface area contributed by atoms with E-state index in [1.54, 1.807) is 6.20 Å². The summed E-state index contributed by atoms with van der Waals surface area (Å²) in [5.41, 5.74) is 5.80. The zero-order chi connectivity index (χ0) is 17.1. The summed E-state index contributed by atoms with van der Waals surface area (Å²) in [5, 5.41) is 3.37. The SMILES string of the molecule is Cc1cc(C)c(Nc2nccc(N(C)c3ccccc3)n2)c(C)c1. The number of anilines is 4. The number of aryl methyl sites for hydroxylation is 3. The average Bonchev–Trinajstić information content (AvgIpc) is 2.58. The molecule has 3 aromatic rings. The van der Waals surface area contributed by atoms with Gasteiger partial charge in [-0.05, 0) is 50.1 Å². The Morgan fingerprint density at radius 1 is 0.917 bits per heavy atom. The van der Waals surface area contributed by atoms with Crippen molar-refractivity contribution in [2.24, 2.45) is 0 Å². The van der Waals surface area contributed by atoms with Gasteiger partial charge in [-0.2, -0.15) is 4.98 Å². The molecule has 0 aliphatic carbocycles. The fourth-order valence-electron chi connectivity index (χ4n) is 2.87. The number of para-hydroxylation sites is 1. The van der Waals surface area contributed by atoms with Gasteiger partial charge in [0.1, 0.15) is 5.82 Å². The van der Waals surface area contributed by atoms with Crippen molar-refractivity contribution in [3.05, 3.63) is 71.4 Å². The molecule has 122 valence electrons. The lowest BCUT2D eigenvalue weighted by molar-refractivity contribution is 1.08. The fourth-order valence-corrected chi connectivity index (χ4v) is 2.87. The molecule has 0 atom stereocenters. The predicted molar refractivity (Wildman–Crippen MR) is 100 cm³/mol. The second-order valence-corrected chi connectivity index (χ2v) is 6.03. The molecule has 0 saturated carbocycles. The first kappa shape index (κ1) is 16.0. The molecular weight excluding hydrogens is 296 g/mol. The summed E-state index contributed by atoms with van der Waals surface area (Å²) >= 11 is 0. The van der Waals surface area contributed by atoms with Gasteiger partial charge in [0.05, 0.1) is 0 Å². The lowest BCUT2D eigenvalue weighted by Crippen LogP contribution is -2.12. The molecule has 3 rings (SSSR count). The minimum atomic E-state index is 0.602. The summed E-state index contributed by atoms with van der Waals surface area (Å²) in [6.07, 6.45) is 1.78. The van der Waals surface area contributed by atoms with Crippen LogP contribution in [-0.4, -0.2) is 17.0 Å². The third kappa shape index (κ3) is 3.38. The van der Waals surface area contributed by atoms with Gasteiger partial charge >= 0.3 is 0 Å². The van der Waals surface area contributed by atoms with Gasteiger partial charge in [0, 0.05) is 24.6 Å².